The number of likely N-dealkylation sites (tertiary alicyclic amines) is 1. The number of halogens is 2. The first-order valence-electron chi connectivity index (χ1n) is 13.4. The second kappa shape index (κ2) is 10.8. The van der Waals surface area contributed by atoms with Gasteiger partial charge in [-0.15, -0.1) is 0 Å². The molecule has 0 saturated carbocycles. The molecule has 208 valence electrons. The van der Waals surface area contributed by atoms with Crippen molar-refractivity contribution in [2.75, 3.05) is 37.7 Å². The Kier molecular flexibility index (Phi) is 7.18. The van der Waals surface area contributed by atoms with E-state index in [1.165, 1.54) is 0 Å². The maximum absolute atomic E-state index is 12.0. The predicted octanol–water partition coefficient (Wildman–Crippen LogP) is 6.53. The standard InChI is InChI=1S/C29H30Cl2N6O3/c1-3-39-28(38)36-10-8-29(9-11-36)16-37(17-29)25-7-4-19(13-33-25)27-21-12-20(5-6-24(21)34-35-27)40-18(2)26-22(30)14-32-15-23(26)31/h4-7,12-15,18H,3,8-11,16-17H2,1-2H3,(H,34,35). The number of anilines is 1. The van der Waals surface area contributed by atoms with Crippen molar-refractivity contribution in [2.24, 2.45) is 5.41 Å². The van der Waals surface area contributed by atoms with Gasteiger partial charge in [-0.2, -0.15) is 5.10 Å². The molecule has 1 unspecified atom stereocenters. The number of pyridine rings is 2. The zero-order chi connectivity index (χ0) is 27.9. The molecule has 5 heterocycles. The molecule has 1 aromatic carbocycles. The number of amides is 1. The molecular weight excluding hydrogens is 551 g/mol. The van der Waals surface area contributed by atoms with Gasteiger partial charge in [0.25, 0.3) is 0 Å². The lowest BCUT2D eigenvalue weighted by molar-refractivity contribution is 0.0550. The lowest BCUT2D eigenvalue weighted by Gasteiger charge is -2.54. The Morgan fingerprint density at radius 1 is 1.10 bits per heavy atom. The number of benzene rings is 1. The summed E-state index contributed by atoms with van der Waals surface area (Å²) >= 11 is 12.6. The summed E-state index contributed by atoms with van der Waals surface area (Å²) in [4.78, 5) is 24.9. The zero-order valence-electron chi connectivity index (χ0n) is 22.4. The largest absolute Gasteiger partial charge is 0.486 e. The van der Waals surface area contributed by atoms with Crippen molar-refractivity contribution in [3.63, 3.8) is 0 Å². The Morgan fingerprint density at radius 3 is 2.52 bits per heavy atom. The average Bonchev–Trinajstić information content (AvgIpc) is 3.35. The van der Waals surface area contributed by atoms with Crippen LogP contribution in [0.1, 0.15) is 38.4 Å². The molecule has 11 heteroatoms. The SMILES string of the molecule is CCOC(=O)N1CCC2(CC1)CN(c1ccc(-c3n[nH]c4ccc(OC(C)c5c(Cl)cncc5Cl)cc34)cn1)C2. The van der Waals surface area contributed by atoms with E-state index in [0.717, 1.165) is 67.0 Å². The first-order chi connectivity index (χ1) is 19.4. The molecule has 9 nitrogen and oxygen atoms in total. The van der Waals surface area contributed by atoms with Gasteiger partial charge in [-0.05, 0) is 57.0 Å². The van der Waals surface area contributed by atoms with Gasteiger partial charge in [0, 0.05) is 66.7 Å². The molecule has 0 aliphatic carbocycles. The van der Waals surface area contributed by atoms with Crippen LogP contribution in [-0.4, -0.2) is 63.9 Å². The van der Waals surface area contributed by atoms with E-state index in [2.05, 4.69) is 26.1 Å². The van der Waals surface area contributed by atoms with Crippen LogP contribution in [-0.2, 0) is 4.74 Å². The third kappa shape index (κ3) is 5.04. The number of carbonyl (C=O) groups is 1. The highest BCUT2D eigenvalue weighted by atomic mass is 35.5. The molecule has 6 rings (SSSR count). The topological polar surface area (TPSA) is 96.5 Å². The van der Waals surface area contributed by atoms with E-state index in [0.29, 0.717) is 28.0 Å². The maximum Gasteiger partial charge on any atom is 0.409 e. The molecule has 2 aliphatic heterocycles. The number of hydrogen-bond acceptors (Lipinski definition) is 7. The molecule has 1 amide bonds. The van der Waals surface area contributed by atoms with Gasteiger partial charge in [0.2, 0.25) is 0 Å². The summed E-state index contributed by atoms with van der Waals surface area (Å²) in [5.74, 6) is 1.63. The van der Waals surface area contributed by atoms with Crippen LogP contribution in [0.2, 0.25) is 10.0 Å². The molecule has 2 fully saturated rings. The fourth-order valence-corrected chi connectivity index (χ4v) is 6.36. The molecular formula is C29H30Cl2N6O3. The molecule has 0 bridgehead atoms. The van der Waals surface area contributed by atoms with E-state index in [4.69, 9.17) is 37.7 Å². The van der Waals surface area contributed by atoms with Crippen LogP contribution in [0.4, 0.5) is 10.6 Å². The van der Waals surface area contributed by atoms with Crippen molar-refractivity contribution in [1.29, 1.82) is 0 Å². The van der Waals surface area contributed by atoms with Crippen LogP contribution in [0, 0.1) is 5.41 Å². The number of hydrogen-bond donors (Lipinski definition) is 1. The van der Waals surface area contributed by atoms with E-state index in [1.54, 1.807) is 12.4 Å². The summed E-state index contributed by atoms with van der Waals surface area (Å²) in [7, 11) is 0. The number of ether oxygens (including phenoxy) is 2. The molecule has 2 saturated heterocycles. The number of nitrogens with one attached hydrogen (secondary N) is 1. The lowest BCUT2D eigenvalue weighted by Crippen LogP contribution is -2.61. The van der Waals surface area contributed by atoms with Gasteiger partial charge >= 0.3 is 6.09 Å². The molecule has 40 heavy (non-hydrogen) atoms. The van der Waals surface area contributed by atoms with Crippen molar-refractivity contribution in [2.45, 2.75) is 32.8 Å². The summed E-state index contributed by atoms with van der Waals surface area (Å²) < 4.78 is 11.4. The molecule has 1 spiro atoms. The van der Waals surface area contributed by atoms with Gasteiger partial charge in [-0.3, -0.25) is 10.1 Å². The van der Waals surface area contributed by atoms with Crippen molar-refractivity contribution in [1.82, 2.24) is 25.1 Å². The van der Waals surface area contributed by atoms with Gasteiger partial charge in [-0.25, -0.2) is 9.78 Å². The quantitative estimate of drug-likeness (QED) is 0.277. The summed E-state index contributed by atoms with van der Waals surface area (Å²) in [6.07, 6.45) is 6.40. The van der Waals surface area contributed by atoms with Crippen LogP contribution in [0.3, 0.4) is 0 Å². The van der Waals surface area contributed by atoms with Crippen molar-refractivity contribution < 1.29 is 14.3 Å². The Hall–Kier alpha value is -3.56. The Bertz CT molecular complexity index is 1510. The lowest BCUT2D eigenvalue weighted by atomic mass is 9.72. The fourth-order valence-electron chi connectivity index (χ4n) is 5.69. The van der Waals surface area contributed by atoms with Gasteiger partial charge in [0.05, 0.1) is 22.2 Å². The van der Waals surface area contributed by atoms with E-state index < -0.39 is 0 Å². The molecule has 0 radical (unpaired) electrons. The van der Waals surface area contributed by atoms with Gasteiger partial charge < -0.3 is 19.3 Å². The smallest absolute Gasteiger partial charge is 0.409 e. The van der Waals surface area contributed by atoms with Crippen molar-refractivity contribution in [3.8, 4) is 17.0 Å². The monoisotopic (exact) mass is 580 g/mol. The fraction of sp³-hybridized carbons (Fsp3) is 0.379. The minimum Gasteiger partial charge on any atom is -0.486 e. The Morgan fingerprint density at radius 2 is 1.85 bits per heavy atom. The number of aromatic amines is 1. The summed E-state index contributed by atoms with van der Waals surface area (Å²) in [5, 5.41) is 9.52. The molecule has 2 aliphatic rings. The highest BCUT2D eigenvalue weighted by Crippen LogP contribution is 2.42. The summed E-state index contributed by atoms with van der Waals surface area (Å²) in [5.41, 5.74) is 3.57. The third-order valence-electron chi connectivity index (χ3n) is 7.89. The van der Waals surface area contributed by atoms with Gasteiger partial charge in [-0.1, -0.05) is 23.2 Å². The minimum atomic E-state index is -0.367. The summed E-state index contributed by atoms with van der Waals surface area (Å²) in [6.45, 7) is 7.55. The number of aromatic nitrogens is 4. The second-order valence-corrected chi connectivity index (χ2v) is 11.3. The predicted molar refractivity (Wildman–Crippen MR) is 155 cm³/mol. The summed E-state index contributed by atoms with van der Waals surface area (Å²) in [6, 6.07) is 9.90. The Labute approximate surface area is 242 Å². The van der Waals surface area contributed by atoms with Crippen molar-refractivity contribution in [3.05, 3.63) is 64.5 Å². The number of H-pyrrole nitrogens is 1. The minimum absolute atomic E-state index is 0.201. The number of rotatable bonds is 6. The maximum atomic E-state index is 12.0. The van der Waals surface area contributed by atoms with Crippen LogP contribution in [0.5, 0.6) is 5.75 Å². The molecule has 3 aromatic heterocycles. The Balaban J connectivity index is 1.13. The van der Waals surface area contributed by atoms with Gasteiger partial charge in [0.15, 0.2) is 0 Å². The number of fused-ring (bicyclic) bond motifs is 1. The normalized spacial score (nSPS) is 17.1. The number of nitrogens with zero attached hydrogens (tertiary/aromatic N) is 5. The number of carbonyl (C=O) groups excluding carboxylic acids is 1. The van der Waals surface area contributed by atoms with E-state index in [9.17, 15) is 4.79 Å². The van der Waals surface area contributed by atoms with Gasteiger partial charge in [0.1, 0.15) is 23.4 Å². The average molecular weight is 582 g/mol. The molecule has 1 N–H and O–H groups in total. The third-order valence-corrected chi connectivity index (χ3v) is 8.49. The van der Waals surface area contributed by atoms with Crippen LogP contribution in [0.15, 0.2) is 48.9 Å². The first-order valence-corrected chi connectivity index (χ1v) is 14.2. The van der Waals surface area contributed by atoms with E-state index in [1.807, 2.05) is 49.2 Å². The zero-order valence-corrected chi connectivity index (χ0v) is 23.9. The molecule has 4 aromatic rings. The van der Waals surface area contributed by atoms with Crippen LogP contribution >= 0.6 is 23.2 Å². The molecule has 1 atom stereocenters. The van der Waals surface area contributed by atoms with Crippen LogP contribution < -0.4 is 9.64 Å². The first kappa shape index (κ1) is 26.7. The van der Waals surface area contributed by atoms with Crippen molar-refractivity contribution >= 4 is 46.0 Å². The highest BCUT2D eigenvalue weighted by molar-refractivity contribution is 6.35. The van der Waals surface area contributed by atoms with E-state index in [-0.39, 0.29) is 17.6 Å². The second-order valence-electron chi connectivity index (χ2n) is 10.5. The number of piperidine rings is 1. The highest BCUT2D eigenvalue weighted by Gasteiger charge is 2.46. The van der Waals surface area contributed by atoms with Crippen LogP contribution in [0.25, 0.3) is 22.2 Å². The van der Waals surface area contributed by atoms with E-state index >= 15 is 0 Å².